The molecule has 0 aromatic carbocycles. The molecular formula is C17H30N4O2S. The summed E-state index contributed by atoms with van der Waals surface area (Å²) < 4.78 is 0. The highest BCUT2D eigenvalue weighted by atomic mass is 32.1. The fraction of sp³-hybridized carbons (Fsp3) is 0.706. The Morgan fingerprint density at radius 2 is 1.88 bits per heavy atom. The first-order chi connectivity index (χ1) is 11.3. The van der Waals surface area contributed by atoms with Gasteiger partial charge >= 0.3 is 0 Å². The van der Waals surface area contributed by atoms with Crippen molar-refractivity contribution in [3.63, 3.8) is 0 Å². The molecule has 6 nitrogen and oxygen atoms in total. The van der Waals surface area contributed by atoms with Crippen molar-refractivity contribution < 1.29 is 9.59 Å². The summed E-state index contributed by atoms with van der Waals surface area (Å²) in [4.78, 5) is 33.7. The van der Waals surface area contributed by atoms with Crippen molar-refractivity contribution in [2.75, 3.05) is 39.0 Å². The van der Waals surface area contributed by atoms with Crippen LogP contribution in [-0.2, 0) is 9.59 Å². The third-order valence-corrected chi connectivity index (χ3v) is 4.76. The summed E-state index contributed by atoms with van der Waals surface area (Å²) in [7, 11) is 3.92. The predicted octanol–water partition coefficient (Wildman–Crippen LogP) is 2.67. The maximum atomic E-state index is 12.4. The Labute approximate surface area is 149 Å². The molecule has 136 valence electrons. The van der Waals surface area contributed by atoms with E-state index in [2.05, 4.69) is 17.2 Å². The normalized spacial score (nSPS) is 10.9. The van der Waals surface area contributed by atoms with Crippen molar-refractivity contribution in [3.05, 3.63) is 10.6 Å². The van der Waals surface area contributed by atoms with Gasteiger partial charge in [-0.25, -0.2) is 4.98 Å². The van der Waals surface area contributed by atoms with E-state index in [4.69, 9.17) is 0 Å². The van der Waals surface area contributed by atoms with Crippen LogP contribution >= 0.6 is 11.3 Å². The first kappa shape index (κ1) is 20.6. The van der Waals surface area contributed by atoms with E-state index < -0.39 is 0 Å². The number of anilines is 1. The first-order valence-electron chi connectivity index (χ1n) is 8.49. The van der Waals surface area contributed by atoms with Crippen LogP contribution in [0.4, 0.5) is 5.13 Å². The highest BCUT2D eigenvalue weighted by Gasteiger charge is 2.18. The number of nitrogens with one attached hydrogen (secondary N) is 1. The maximum Gasteiger partial charge on any atom is 0.245 e. The molecule has 24 heavy (non-hydrogen) atoms. The van der Waals surface area contributed by atoms with Crippen LogP contribution < -0.4 is 5.32 Å². The molecule has 0 bridgehead atoms. The SMILES string of the molecule is CCCCCC(=O)N(CCN(C)C)CC(=O)Nc1nc(C)c(C)s1. The zero-order valence-electron chi connectivity index (χ0n) is 15.5. The minimum Gasteiger partial charge on any atom is -0.332 e. The second-order valence-electron chi connectivity index (χ2n) is 6.28. The summed E-state index contributed by atoms with van der Waals surface area (Å²) in [6.45, 7) is 7.38. The number of carbonyl (C=O) groups excluding carboxylic acids is 2. The molecule has 0 saturated heterocycles. The lowest BCUT2D eigenvalue weighted by Crippen LogP contribution is -2.41. The van der Waals surface area contributed by atoms with E-state index in [-0.39, 0.29) is 18.4 Å². The van der Waals surface area contributed by atoms with Crippen LogP contribution in [0.1, 0.15) is 43.2 Å². The number of carbonyl (C=O) groups is 2. The van der Waals surface area contributed by atoms with Crippen LogP contribution in [0.5, 0.6) is 0 Å². The van der Waals surface area contributed by atoms with Gasteiger partial charge in [-0.2, -0.15) is 0 Å². The molecule has 7 heteroatoms. The highest BCUT2D eigenvalue weighted by molar-refractivity contribution is 7.15. The number of hydrogen-bond donors (Lipinski definition) is 1. The lowest BCUT2D eigenvalue weighted by molar-refractivity contribution is -0.135. The highest BCUT2D eigenvalue weighted by Crippen LogP contribution is 2.20. The van der Waals surface area contributed by atoms with Crippen molar-refractivity contribution >= 4 is 28.3 Å². The van der Waals surface area contributed by atoms with Gasteiger partial charge in [-0.1, -0.05) is 19.8 Å². The van der Waals surface area contributed by atoms with Crippen molar-refractivity contribution in [1.82, 2.24) is 14.8 Å². The van der Waals surface area contributed by atoms with E-state index in [1.54, 1.807) is 4.90 Å². The molecule has 2 amide bonds. The van der Waals surface area contributed by atoms with E-state index in [1.807, 2.05) is 32.8 Å². The van der Waals surface area contributed by atoms with E-state index in [9.17, 15) is 9.59 Å². The third-order valence-electron chi connectivity index (χ3n) is 3.77. The van der Waals surface area contributed by atoms with Crippen molar-refractivity contribution in [3.8, 4) is 0 Å². The number of thiazole rings is 1. The Morgan fingerprint density at radius 3 is 2.42 bits per heavy atom. The first-order valence-corrected chi connectivity index (χ1v) is 9.31. The Balaban J connectivity index is 2.61. The Hall–Kier alpha value is -1.47. The molecule has 0 atom stereocenters. The average molecular weight is 355 g/mol. The minimum atomic E-state index is -0.189. The van der Waals surface area contributed by atoms with Crippen LogP contribution in [0.15, 0.2) is 0 Å². The molecule has 0 unspecified atom stereocenters. The number of nitrogens with zero attached hydrogens (tertiary/aromatic N) is 3. The van der Waals surface area contributed by atoms with Crippen LogP contribution in [0.25, 0.3) is 0 Å². The summed E-state index contributed by atoms with van der Waals surface area (Å²) in [6, 6.07) is 0. The van der Waals surface area contributed by atoms with Gasteiger partial charge in [0.25, 0.3) is 0 Å². The molecule has 1 N–H and O–H groups in total. The van der Waals surface area contributed by atoms with Crippen molar-refractivity contribution in [2.45, 2.75) is 46.5 Å². The second-order valence-corrected chi connectivity index (χ2v) is 7.49. The molecule has 0 aliphatic rings. The average Bonchev–Trinajstić information content (AvgIpc) is 2.81. The van der Waals surface area contributed by atoms with Crippen molar-refractivity contribution in [2.24, 2.45) is 0 Å². The fourth-order valence-electron chi connectivity index (χ4n) is 2.16. The van der Waals surface area contributed by atoms with Gasteiger partial charge in [0.2, 0.25) is 11.8 Å². The Bertz CT molecular complexity index is 523. The van der Waals surface area contributed by atoms with E-state index in [0.29, 0.717) is 18.1 Å². The minimum absolute atomic E-state index is 0.0481. The number of rotatable bonds is 10. The number of hydrogen-bond acceptors (Lipinski definition) is 5. The van der Waals surface area contributed by atoms with Crippen LogP contribution in [-0.4, -0.2) is 60.3 Å². The topological polar surface area (TPSA) is 65.5 Å². The maximum absolute atomic E-state index is 12.4. The van der Waals surface area contributed by atoms with E-state index in [1.165, 1.54) is 11.3 Å². The van der Waals surface area contributed by atoms with Gasteiger partial charge in [-0.3, -0.25) is 9.59 Å². The lowest BCUT2D eigenvalue weighted by atomic mass is 10.2. The molecule has 0 spiro atoms. The van der Waals surface area contributed by atoms with E-state index >= 15 is 0 Å². The van der Waals surface area contributed by atoms with Crippen LogP contribution in [0.3, 0.4) is 0 Å². The molecule has 0 radical (unpaired) electrons. The van der Waals surface area contributed by atoms with Gasteiger partial charge in [-0.05, 0) is 34.4 Å². The van der Waals surface area contributed by atoms with Gasteiger partial charge < -0.3 is 15.1 Å². The molecule has 0 aliphatic carbocycles. The van der Waals surface area contributed by atoms with E-state index in [0.717, 1.165) is 36.4 Å². The second kappa shape index (κ2) is 10.4. The van der Waals surface area contributed by atoms with Crippen LogP contribution in [0, 0.1) is 13.8 Å². The standard InChI is InChI=1S/C17H30N4O2S/c1-6-7-8-9-16(23)21(11-10-20(4)5)12-15(22)19-17-18-13(2)14(3)24-17/h6-12H2,1-5H3,(H,18,19,22). The molecular weight excluding hydrogens is 324 g/mol. The van der Waals surface area contributed by atoms with Crippen LogP contribution in [0.2, 0.25) is 0 Å². The fourth-order valence-corrected chi connectivity index (χ4v) is 2.99. The van der Waals surface area contributed by atoms with Gasteiger partial charge in [0, 0.05) is 24.4 Å². The number of unbranched alkanes of at least 4 members (excludes halogenated alkanes) is 2. The molecule has 0 saturated carbocycles. The van der Waals surface area contributed by atoms with Gasteiger partial charge in [0.15, 0.2) is 5.13 Å². The predicted molar refractivity (Wildman–Crippen MR) is 99.5 cm³/mol. The summed E-state index contributed by atoms with van der Waals surface area (Å²) in [5.41, 5.74) is 0.926. The number of likely N-dealkylation sites (N-methyl/N-ethyl adjacent to an activating group) is 1. The monoisotopic (exact) mass is 354 g/mol. The summed E-state index contributed by atoms with van der Waals surface area (Å²) in [6.07, 6.45) is 3.50. The quantitative estimate of drug-likeness (QED) is 0.656. The lowest BCUT2D eigenvalue weighted by Gasteiger charge is -2.23. The number of aromatic nitrogens is 1. The smallest absolute Gasteiger partial charge is 0.245 e. The summed E-state index contributed by atoms with van der Waals surface area (Å²) in [5.74, 6) is -0.140. The molecule has 1 heterocycles. The van der Waals surface area contributed by atoms with Gasteiger partial charge in [0.05, 0.1) is 12.2 Å². The molecule has 1 aromatic rings. The number of amides is 2. The molecule has 1 rings (SSSR count). The largest absolute Gasteiger partial charge is 0.332 e. The zero-order valence-corrected chi connectivity index (χ0v) is 16.3. The Morgan fingerprint density at radius 1 is 1.17 bits per heavy atom. The summed E-state index contributed by atoms with van der Waals surface area (Å²) in [5, 5.41) is 3.40. The van der Waals surface area contributed by atoms with Crippen molar-refractivity contribution in [1.29, 1.82) is 0 Å². The summed E-state index contributed by atoms with van der Waals surface area (Å²) >= 11 is 1.46. The third kappa shape index (κ3) is 7.40. The molecule has 0 aliphatic heterocycles. The van der Waals surface area contributed by atoms with Gasteiger partial charge in [-0.15, -0.1) is 11.3 Å². The van der Waals surface area contributed by atoms with Gasteiger partial charge in [0.1, 0.15) is 0 Å². The Kier molecular flexibility index (Phi) is 8.92. The zero-order chi connectivity index (χ0) is 18.1. The molecule has 1 aromatic heterocycles. The number of aryl methyl sites for hydroxylation is 2. The molecule has 0 fully saturated rings.